The number of benzene rings is 1. The van der Waals surface area contributed by atoms with E-state index in [4.69, 9.17) is 5.73 Å². The Morgan fingerprint density at radius 2 is 2.20 bits per heavy atom. The molecule has 0 bridgehead atoms. The summed E-state index contributed by atoms with van der Waals surface area (Å²) in [6.07, 6.45) is 1.50. The molecule has 78 valence electrons. The molecule has 3 N–H and O–H groups in total. The third-order valence-corrected chi connectivity index (χ3v) is 2.99. The molecule has 0 aliphatic carbocycles. The minimum absolute atomic E-state index is 0.0246. The molecule has 1 aromatic heterocycles. The van der Waals surface area contributed by atoms with Crippen LogP contribution in [0.15, 0.2) is 40.6 Å². The molecule has 1 unspecified atom stereocenters. The van der Waals surface area contributed by atoms with E-state index in [2.05, 4.69) is 15.2 Å². The van der Waals surface area contributed by atoms with Crippen LogP contribution in [0.3, 0.4) is 0 Å². The van der Waals surface area contributed by atoms with Crippen molar-refractivity contribution in [3.05, 3.63) is 36.2 Å². The molecule has 0 amide bonds. The summed E-state index contributed by atoms with van der Waals surface area (Å²) in [4.78, 5) is 5.18. The molecule has 0 fully saturated rings. The topological polar surface area (TPSA) is 67.6 Å². The van der Waals surface area contributed by atoms with Crippen LogP contribution < -0.4 is 5.73 Å². The van der Waals surface area contributed by atoms with Gasteiger partial charge in [-0.1, -0.05) is 30.0 Å². The van der Waals surface area contributed by atoms with Crippen molar-refractivity contribution in [2.24, 2.45) is 5.73 Å². The van der Waals surface area contributed by atoms with Crippen molar-refractivity contribution in [3.8, 4) is 0 Å². The second kappa shape index (κ2) is 4.46. The molecule has 0 saturated carbocycles. The fourth-order valence-corrected chi connectivity index (χ4v) is 2.22. The van der Waals surface area contributed by atoms with E-state index in [0.29, 0.717) is 0 Å². The van der Waals surface area contributed by atoms with E-state index in [-0.39, 0.29) is 6.04 Å². The van der Waals surface area contributed by atoms with Gasteiger partial charge in [0.15, 0.2) is 5.16 Å². The SMILES string of the molecule is CC(N)c1ccccc1Sc1ncn[nH]1. The van der Waals surface area contributed by atoms with Gasteiger partial charge in [-0.05, 0) is 18.6 Å². The summed E-state index contributed by atoms with van der Waals surface area (Å²) in [5.41, 5.74) is 7.01. The van der Waals surface area contributed by atoms with Gasteiger partial charge >= 0.3 is 0 Å². The molecule has 0 saturated heterocycles. The number of aromatic nitrogens is 3. The Labute approximate surface area is 92.3 Å². The Balaban J connectivity index is 2.28. The van der Waals surface area contributed by atoms with Crippen molar-refractivity contribution in [1.82, 2.24) is 15.2 Å². The Kier molecular flexibility index (Phi) is 3.03. The first kappa shape index (κ1) is 10.2. The molecule has 15 heavy (non-hydrogen) atoms. The monoisotopic (exact) mass is 220 g/mol. The van der Waals surface area contributed by atoms with Crippen LogP contribution in [0.25, 0.3) is 0 Å². The Bertz CT molecular complexity index is 425. The lowest BCUT2D eigenvalue weighted by Gasteiger charge is -2.10. The molecule has 1 aromatic carbocycles. The van der Waals surface area contributed by atoms with Crippen molar-refractivity contribution in [1.29, 1.82) is 0 Å². The molecule has 0 aliphatic rings. The maximum atomic E-state index is 5.88. The third-order valence-electron chi connectivity index (χ3n) is 2.01. The fraction of sp³-hybridized carbons (Fsp3) is 0.200. The summed E-state index contributed by atoms with van der Waals surface area (Å²) in [6.45, 7) is 1.97. The van der Waals surface area contributed by atoms with Crippen LogP contribution in [0.4, 0.5) is 0 Å². The number of rotatable bonds is 3. The van der Waals surface area contributed by atoms with E-state index < -0.39 is 0 Å². The van der Waals surface area contributed by atoms with Gasteiger partial charge in [-0.15, -0.1) is 0 Å². The molecule has 4 nitrogen and oxygen atoms in total. The number of H-pyrrole nitrogens is 1. The van der Waals surface area contributed by atoms with Gasteiger partial charge in [0.1, 0.15) is 6.33 Å². The van der Waals surface area contributed by atoms with Crippen LogP contribution >= 0.6 is 11.8 Å². The summed E-state index contributed by atoms with van der Waals surface area (Å²) in [7, 11) is 0. The second-order valence-corrected chi connectivity index (χ2v) is 4.25. The van der Waals surface area contributed by atoms with Crippen LogP contribution in [0, 0.1) is 0 Å². The van der Waals surface area contributed by atoms with Gasteiger partial charge in [-0.3, -0.25) is 5.10 Å². The first-order valence-corrected chi connectivity index (χ1v) is 5.47. The predicted molar refractivity (Wildman–Crippen MR) is 59.6 cm³/mol. The van der Waals surface area contributed by atoms with E-state index in [1.807, 2.05) is 31.2 Å². The lowest BCUT2D eigenvalue weighted by atomic mass is 10.1. The smallest absolute Gasteiger partial charge is 0.188 e. The molecule has 2 rings (SSSR count). The fourth-order valence-electron chi connectivity index (χ4n) is 1.30. The minimum atomic E-state index is 0.0246. The number of nitrogens with two attached hydrogens (primary N) is 1. The molecule has 0 aliphatic heterocycles. The summed E-state index contributed by atoms with van der Waals surface area (Å²) < 4.78 is 0. The zero-order valence-corrected chi connectivity index (χ0v) is 9.16. The summed E-state index contributed by atoms with van der Waals surface area (Å²) >= 11 is 1.54. The Morgan fingerprint density at radius 1 is 1.40 bits per heavy atom. The van der Waals surface area contributed by atoms with Crippen LogP contribution in [0.5, 0.6) is 0 Å². The van der Waals surface area contributed by atoms with E-state index in [1.54, 1.807) is 11.8 Å². The van der Waals surface area contributed by atoms with Crippen molar-refractivity contribution < 1.29 is 0 Å². The van der Waals surface area contributed by atoms with Crippen LogP contribution in [-0.2, 0) is 0 Å². The van der Waals surface area contributed by atoms with Gasteiger partial charge in [0.25, 0.3) is 0 Å². The highest BCUT2D eigenvalue weighted by atomic mass is 32.2. The summed E-state index contributed by atoms with van der Waals surface area (Å²) in [5.74, 6) is 0. The quantitative estimate of drug-likeness (QED) is 0.830. The summed E-state index contributed by atoms with van der Waals surface area (Å²) in [5, 5.41) is 7.40. The number of hydrogen-bond donors (Lipinski definition) is 2. The van der Waals surface area contributed by atoms with Crippen LogP contribution in [0.1, 0.15) is 18.5 Å². The first-order valence-electron chi connectivity index (χ1n) is 4.65. The van der Waals surface area contributed by atoms with E-state index in [9.17, 15) is 0 Å². The lowest BCUT2D eigenvalue weighted by Crippen LogP contribution is -2.06. The normalized spacial score (nSPS) is 12.7. The van der Waals surface area contributed by atoms with Gasteiger partial charge in [-0.25, -0.2) is 4.98 Å². The minimum Gasteiger partial charge on any atom is -0.324 e. The average molecular weight is 220 g/mol. The highest BCUT2D eigenvalue weighted by Crippen LogP contribution is 2.29. The average Bonchev–Trinajstić information content (AvgIpc) is 2.71. The number of hydrogen-bond acceptors (Lipinski definition) is 4. The maximum absolute atomic E-state index is 5.88. The highest BCUT2D eigenvalue weighted by molar-refractivity contribution is 7.99. The largest absolute Gasteiger partial charge is 0.324 e. The number of nitrogens with one attached hydrogen (secondary N) is 1. The van der Waals surface area contributed by atoms with Crippen molar-refractivity contribution in [2.45, 2.75) is 23.0 Å². The molecular weight excluding hydrogens is 208 g/mol. The Hall–Kier alpha value is -1.33. The van der Waals surface area contributed by atoms with Gasteiger partial charge < -0.3 is 5.73 Å². The predicted octanol–water partition coefficient (Wildman–Crippen LogP) is 1.98. The molecule has 1 heterocycles. The van der Waals surface area contributed by atoms with Gasteiger partial charge in [0, 0.05) is 10.9 Å². The second-order valence-electron chi connectivity index (χ2n) is 3.22. The van der Waals surface area contributed by atoms with E-state index in [1.165, 1.54) is 6.33 Å². The van der Waals surface area contributed by atoms with Crippen LogP contribution in [-0.4, -0.2) is 15.2 Å². The number of nitrogens with zero attached hydrogens (tertiary/aromatic N) is 2. The van der Waals surface area contributed by atoms with Crippen LogP contribution in [0.2, 0.25) is 0 Å². The molecule has 2 aromatic rings. The van der Waals surface area contributed by atoms with Crippen molar-refractivity contribution in [3.63, 3.8) is 0 Å². The van der Waals surface area contributed by atoms with Gasteiger partial charge in [0.05, 0.1) is 0 Å². The van der Waals surface area contributed by atoms with Gasteiger partial charge in [-0.2, -0.15) is 5.10 Å². The van der Waals surface area contributed by atoms with Gasteiger partial charge in [0.2, 0.25) is 0 Å². The molecule has 0 radical (unpaired) electrons. The van der Waals surface area contributed by atoms with Crippen molar-refractivity contribution >= 4 is 11.8 Å². The standard InChI is InChI=1S/C10H12N4S/c1-7(11)8-4-2-3-5-9(8)15-10-12-6-13-14-10/h2-7H,11H2,1H3,(H,12,13,14). The molecular formula is C10H12N4S. The maximum Gasteiger partial charge on any atom is 0.188 e. The third kappa shape index (κ3) is 2.37. The molecule has 5 heteroatoms. The van der Waals surface area contributed by atoms with E-state index in [0.717, 1.165) is 15.6 Å². The summed E-state index contributed by atoms with van der Waals surface area (Å²) in [6, 6.07) is 8.07. The first-order chi connectivity index (χ1) is 7.27. The number of aromatic amines is 1. The van der Waals surface area contributed by atoms with E-state index >= 15 is 0 Å². The zero-order chi connectivity index (χ0) is 10.7. The Morgan fingerprint density at radius 3 is 2.87 bits per heavy atom. The highest BCUT2D eigenvalue weighted by Gasteiger charge is 2.08. The molecule has 0 spiro atoms. The lowest BCUT2D eigenvalue weighted by molar-refractivity contribution is 0.796. The zero-order valence-electron chi connectivity index (χ0n) is 8.34. The molecule has 1 atom stereocenters. The van der Waals surface area contributed by atoms with Crippen molar-refractivity contribution in [2.75, 3.05) is 0 Å².